The van der Waals surface area contributed by atoms with Gasteiger partial charge in [-0.1, -0.05) is 80.2 Å². The number of carbonyl (C=O) groups excluding carboxylic acids is 3. The Hall–Kier alpha value is -3.56. The molecule has 1 saturated heterocycles. The summed E-state index contributed by atoms with van der Waals surface area (Å²) in [4.78, 5) is 65.1. The fourth-order valence-electron chi connectivity index (χ4n) is 5.16. The summed E-state index contributed by atoms with van der Waals surface area (Å²) < 4.78 is 31.7. The topological polar surface area (TPSA) is 144 Å². The van der Waals surface area contributed by atoms with Gasteiger partial charge < -0.3 is 20.4 Å². The lowest BCUT2D eigenvalue weighted by Gasteiger charge is -2.40. The summed E-state index contributed by atoms with van der Waals surface area (Å²) in [5, 5.41) is 19.1. The molecule has 0 aliphatic carbocycles. The number of carbonyl (C=O) groups is 5. The second-order valence-electron chi connectivity index (χ2n) is 10.5. The predicted octanol–water partition coefficient (Wildman–Crippen LogP) is 3.64. The number of halogens is 3. The number of rotatable bonds is 10. The number of aliphatic carboxylic acids is 2. The molecule has 2 amide bonds. The van der Waals surface area contributed by atoms with Crippen LogP contribution in [0.2, 0.25) is 0 Å². The smallest absolute Gasteiger partial charge is 0.480 e. The van der Waals surface area contributed by atoms with E-state index < -0.39 is 47.3 Å². The molecule has 4 atom stereocenters. The molecule has 2 aliphatic rings. The van der Waals surface area contributed by atoms with Gasteiger partial charge in [-0.15, -0.1) is 0 Å². The largest absolute Gasteiger partial charge is 0.490 e. The average molecular weight is 684 g/mol. The van der Waals surface area contributed by atoms with E-state index >= 15 is 0 Å². The fraction of sp³-hybridized carbons (Fsp3) is 0.452. The summed E-state index contributed by atoms with van der Waals surface area (Å²) in [5.41, 5.74) is 2.75. The first kappa shape index (κ1) is 36.9. The minimum absolute atomic E-state index is 0.105. The zero-order valence-corrected chi connectivity index (χ0v) is 26.9. The van der Waals surface area contributed by atoms with Crippen molar-refractivity contribution in [2.24, 2.45) is 0 Å². The standard InChI is InChI=1S/C29H35N3O5S2.C2HF3O2/c1-3-31(4-2)16-26(33)39-25(14-19-10-6-5-7-11-19)27(34)30-22-15-20-12-8-9-13-21(20)23-17-38-18-24(29(36)37)32(23)28(22)35;3-2(4,5)1(6)7/h5-13,22-25H,3-4,14-18H2,1-2H3,(H,30,34)(H,36,37);(H,6,7)/t22-,23+,24-,25+;/m1./s1. The third-order valence-electron chi connectivity index (χ3n) is 7.53. The van der Waals surface area contributed by atoms with E-state index in [0.717, 1.165) is 41.5 Å². The summed E-state index contributed by atoms with van der Waals surface area (Å²) in [6.45, 7) is 5.67. The van der Waals surface area contributed by atoms with Crippen LogP contribution in [0, 0.1) is 0 Å². The molecule has 4 rings (SSSR count). The molecule has 250 valence electrons. The molecule has 3 N–H and O–H groups in total. The van der Waals surface area contributed by atoms with Crippen LogP contribution in [-0.4, -0.2) is 104 Å². The number of carboxylic acid groups (broad SMARTS) is 2. The SMILES string of the molecule is CCN(CC)CC(=O)S[C@@H](Cc1ccccc1)C(=O)N[C@@H]1Cc2ccccc2[C@@H]2CSC[C@H](C(=O)O)N2C1=O.O=C(O)C(F)(F)F. The molecule has 0 unspecified atom stereocenters. The van der Waals surface area contributed by atoms with Crippen molar-refractivity contribution in [3.8, 4) is 0 Å². The molecule has 2 aromatic rings. The summed E-state index contributed by atoms with van der Waals surface area (Å²) >= 11 is 2.52. The molecular formula is C31H36F3N3O7S2. The number of likely N-dealkylation sites (N-methyl/N-ethyl adjacent to an activating group) is 1. The molecule has 46 heavy (non-hydrogen) atoms. The van der Waals surface area contributed by atoms with Gasteiger partial charge in [0.25, 0.3) is 0 Å². The molecule has 0 bridgehead atoms. The van der Waals surface area contributed by atoms with Gasteiger partial charge in [0.05, 0.1) is 17.8 Å². The second kappa shape index (κ2) is 16.8. The van der Waals surface area contributed by atoms with Gasteiger partial charge in [0.1, 0.15) is 12.1 Å². The van der Waals surface area contributed by atoms with Crippen LogP contribution in [0.5, 0.6) is 0 Å². The van der Waals surface area contributed by atoms with E-state index in [1.807, 2.05) is 73.3 Å². The molecular weight excluding hydrogens is 647 g/mol. The van der Waals surface area contributed by atoms with Crippen molar-refractivity contribution in [1.82, 2.24) is 15.1 Å². The van der Waals surface area contributed by atoms with Crippen LogP contribution in [0.15, 0.2) is 54.6 Å². The van der Waals surface area contributed by atoms with Crippen LogP contribution in [0.1, 0.15) is 36.6 Å². The molecule has 0 aromatic heterocycles. The normalized spacial score (nSPS) is 19.9. The quantitative estimate of drug-likeness (QED) is 0.340. The first-order valence-corrected chi connectivity index (χ1v) is 16.6. The predicted molar refractivity (Wildman–Crippen MR) is 168 cm³/mol. The van der Waals surface area contributed by atoms with Gasteiger partial charge in [-0.25, -0.2) is 9.59 Å². The number of amides is 2. The Kier molecular flexibility index (Phi) is 13.5. The van der Waals surface area contributed by atoms with E-state index in [4.69, 9.17) is 9.90 Å². The third-order valence-corrected chi connectivity index (χ3v) is 9.70. The molecule has 0 radical (unpaired) electrons. The Balaban J connectivity index is 0.000000738. The van der Waals surface area contributed by atoms with E-state index in [1.54, 1.807) is 0 Å². The number of alkyl halides is 3. The Morgan fingerprint density at radius 1 is 1.02 bits per heavy atom. The van der Waals surface area contributed by atoms with Crippen molar-refractivity contribution < 1.29 is 47.4 Å². The van der Waals surface area contributed by atoms with Gasteiger partial charge >= 0.3 is 18.1 Å². The molecule has 2 aliphatic heterocycles. The van der Waals surface area contributed by atoms with Crippen LogP contribution in [-0.2, 0) is 36.8 Å². The number of fused-ring (bicyclic) bond motifs is 3. The lowest BCUT2D eigenvalue weighted by Crippen LogP contribution is -2.57. The Bertz CT molecular complexity index is 1390. The van der Waals surface area contributed by atoms with Gasteiger partial charge in [0.15, 0.2) is 0 Å². The van der Waals surface area contributed by atoms with Crippen molar-refractivity contribution in [2.45, 2.75) is 56.2 Å². The number of nitrogens with zero attached hydrogens (tertiary/aromatic N) is 2. The number of hydrogen-bond donors (Lipinski definition) is 3. The van der Waals surface area contributed by atoms with Gasteiger partial charge in [-0.2, -0.15) is 24.9 Å². The number of nitrogens with one attached hydrogen (secondary N) is 1. The average Bonchev–Trinajstić information content (AvgIpc) is 3.14. The molecule has 2 aromatic carbocycles. The highest BCUT2D eigenvalue weighted by Crippen LogP contribution is 2.38. The van der Waals surface area contributed by atoms with E-state index in [0.29, 0.717) is 17.9 Å². The maximum absolute atomic E-state index is 13.9. The highest BCUT2D eigenvalue weighted by molar-refractivity contribution is 8.14. The Morgan fingerprint density at radius 3 is 2.22 bits per heavy atom. The van der Waals surface area contributed by atoms with E-state index in [-0.39, 0.29) is 24.1 Å². The summed E-state index contributed by atoms with van der Waals surface area (Å²) in [6, 6.07) is 14.9. The summed E-state index contributed by atoms with van der Waals surface area (Å²) in [6.07, 6.45) is -4.49. The maximum Gasteiger partial charge on any atom is 0.490 e. The molecule has 0 saturated carbocycles. The van der Waals surface area contributed by atoms with Gasteiger partial charge in [-0.05, 0) is 36.2 Å². The molecule has 15 heteroatoms. The third kappa shape index (κ3) is 9.97. The lowest BCUT2D eigenvalue weighted by molar-refractivity contribution is -0.192. The molecule has 0 spiro atoms. The maximum atomic E-state index is 13.9. The van der Waals surface area contributed by atoms with E-state index in [1.165, 1.54) is 16.7 Å². The van der Waals surface area contributed by atoms with Crippen molar-refractivity contribution in [2.75, 3.05) is 31.1 Å². The summed E-state index contributed by atoms with van der Waals surface area (Å²) in [5.74, 6) is -3.71. The highest BCUT2D eigenvalue weighted by Gasteiger charge is 2.45. The van der Waals surface area contributed by atoms with Crippen molar-refractivity contribution >= 4 is 52.4 Å². The number of benzene rings is 2. The van der Waals surface area contributed by atoms with E-state index in [2.05, 4.69) is 5.32 Å². The van der Waals surface area contributed by atoms with Crippen molar-refractivity contribution in [3.63, 3.8) is 0 Å². The van der Waals surface area contributed by atoms with Crippen LogP contribution in [0.3, 0.4) is 0 Å². The zero-order valence-electron chi connectivity index (χ0n) is 25.2. The van der Waals surface area contributed by atoms with Crippen LogP contribution >= 0.6 is 23.5 Å². The minimum Gasteiger partial charge on any atom is -0.480 e. The van der Waals surface area contributed by atoms with Gasteiger partial charge in [0.2, 0.25) is 16.9 Å². The van der Waals surface area contributed by atoms with Gasteiger partial charge in [-0.3, -0.25) is 19.3 Å². The fourth-order valence-corrected chi connectivity index (χ4v) is 7.41. The first-order chi connectivity index (χ1) is 21.8. The Labute approximate surface area is 273 Å². The lowest BCUT2D eigenvalue weighted by atomic mass is 9.98. The first-order valence-electron chi connectivity index (χ1n) is 14.5. The van der Waals surface area contributed by atoms with Crippen LogP contribution < -0.4 is 5.32 Å². The number of thioether (sulfide) groups is 2. The molecule has 1 fully saturated rings. The number of carboxylic acids is 2. The Morgan fingerprint density at radius 2 is 1.63 bits per heavy atom. The highest BCUT2D eigenvalue weighted by atomic mass is 32.2. The van der Waals surface area contributed by atoms with Crippen LogP contribution in [0.25, 0.3) is 0 Å². The number of hydrogen-bond acceptors (Lipinski definition) is 8. The second-order valence-corrected chi connectivity index (χ2v) is 12.9. The molecule has 10 nitrogen and oxygen atoms in total. The van der Waals surface area contributed by atoms with Gasteiger partial charge in [0, 0.05) is 17.9 Å². The van der Waals surface area contributed by atoms with E-state index in [9.17, 15) is 37.5 Å². The van der Waals surface area contributed by atoms with Crippen molar-refractivity contribution in [1.29, 1.82) is 0 Å². The monoisotopic (exact) mass is 683 g/mol. The summed E-state index contributed by atoms with van der Waals surface area (Å²) in [7, 11) is 0. The van der Waals surface area contributed by atoms with Crippen LogP contribution in [0.4, 0.5) is 13.2 Å². The van der Waals surface area contributed by atoms with Crippen molar-refractivity contribution in [3.05, 3.63) is 71.3 Å². The molecule has 2 heterocycles. The zero-order chi connectivity index (χ0) is 34.0. The minimum atomic E-state index is -5.08.